The van der Waals surface area contributed by atoms with Crippen molar-refractivity contribution in [2.45, 2.75) is 37.3 Å². The molecule has 7 heteroatoms. The minimum Gasteiger partial charge on any atom is -0.497 e. The van der Waals surface area contributed by atoms with Crippen molar-refractivity contribution in [2.24, 2.45) is 0 Å². The first-order chi connectivity index (χ1) is 10.1. The van der Waals surface area contributed by atoms with Crippen molar-refractivity contribution in [2.75, 3.05) is 13.7 Å². The molecule has 0 spiro atoms. The van der Waals surface area contributed by atoms with Crippen LogP contribution in [0.3, 0.4) is 0 Å². The van der Waals surface area contributed by atoms with Crippen molar-refractivity contribution in [3.8, 4) is 5.75 Å². The van der Waals surface area contributed by atoms with Crippen LogP contribution in [0.15, 0.2) is 24.3 Å². The Labute approximate surface area is 122 Å². The first kappa shape index (κ1) is 16.2. The van der Waals surface area contributed by atoms with Crippen LogP contribution >= 0.6 is 0 Å². The molecule has 21 heavy (non-hydrogen) atoms. The summed E-state index contributed by atoms with van der Waals surface area (Å²) in [5.74, 6) is 0.715. The third-order valence-electron chi connectivity index (χ3n) is 3.42. The molecule has 1 aliphatic rings. The molecule has 1 aromatic rings. The lowest BCUT2D eigenvalue weighted by Crippen LogP contribution is -2.42. The van der Waals surface area contributed by atoms with Gasteiger partial charge in [-0.2, -0.15) is 0 Å². The average Bonchev–Trinajstić information content (AvgIpc) is 2.80. The Morgan fingerprint density at radius 1 is 1.24 bits per heavy atom. The summed E-state index contributed by atoms with van der Waals surface area (Å²) in [6.45, 7) is -0.386. The van der Waals surface area contributed by atoms with Gasteiger partial charge in [0.25, 0.3) is 0 Å². The maximum atomic E-state index is 9.82. The largest absolute Gasteiger partial charge is 0.497 e. The molecule has 5 atom stereocenters. The average molecular weight is 300 g/mol. The van der Waals surface area contributed by atoms with Gasteiger partial charge < -0.3 is 34.6 Å². The number of methoxy groups -OCH3 is 1. The smallest absolute Gasteiger partial charge is 0.184 e. The standard InChI is InChI=1S/C14H20O7/c1-19-9-4-2-8(3-5-9)7-20-13-11(17)14(18)21-12(13)10(16)6-15/h2-5,10-18H,6-7H2,1H3/t10-,11-,12+,13-,14+/m0/s1. The van der Waals surface area contributed by atoms with Gasteiger partial charge in [0.05, 0.1) is 20.3 Å². The lowest BCUT2D eigenvalue weighted by atomic mass is 10.1. The van der Waals surface area contributed by atoms with Gasteiger partial charge in [0.15, 0.2) is 6.29 Å². The maximum absolute atomic E-state index is 9.82. The third kappa shape index (κ3) is 3.70. The highest BCUT2D eigenvalue weighted by Gasteiger charge is 2.46. The SMILES string of the molecule is COc1ccc(CO[C@H]2[C@H](O)[C@H](O)O[C@@H]2[C@@H](O)CO)cc1. The number of benzene rings is 1. The lowest BCUT2D eigenvalue weighted by molar-refractivity contribution is -0.151. The van der Waals surface area contributed by atoms with Crippen molar-refractivity contribution in [3.05, 3.63) is 29.8 Å². The van der Waals surface area contributed by atoms with Crippen LogP contribution in [0.5, 0.6) is 5.75 Å². The molecule has 0 amide bonds. The quantitative estimate of drug-likeness (QED) is 0.534. The second kappa shape index (κ2) is 7.17. The van der Waals surface area contributed by atoms with Crippen LogP contribution in [0.4, 0.5) is 0 Å². The molecule has 0 radical (unpaired) electrons. The first-order valence-corrected chi connectivity index (χ1v) is 6.62. The monoisotopic (exact) mass is 300 g/mol. The number of hydrogen-bond donors (Lipinski definition) is 4. The number of rotatable bonds is 6. The minimum absolute atomic E-state index is 0.163. The molecule has 1 fully saturated rings. The molecule has 1 aliphatic heterocycles. The molecule has 0 unspecified atom stereocenters. The van der Waals surface area contributed by atoms with Gasteiger partial charge in [-0.25, -0.2) is 0 Å². The molecule has 4 N–H and O–H groups in total. The zero-order valence-corrected chi connectivity index (χ0v) is 11.6. The molecule has 0 aromatic heterocycles. The number of hydrogen-bond acceptors (Lipinski definition) is 7. The predicted octanol–water partition coefficient (Wildman–Crippen LogP) is -0.988. The van der Waals surface area contributed by atoms with E-state index in [0.717, 1.165) is 5.56 Å². The van der Waals surface area contributed by atoms with Crippen LogP contribution in [0, 0.1) is 0 Å². The summed E-state index contributed by atoms with van der Waals surface area (Å²) in [6.07, 6.45) is -5.88. The van der Waals surface area contributed by atoms with Gasteiger partial charge in [0.1, 0.15) is 30.2 Å². The van der Waals surface area contributed by atoms with Crippen molar-refractivity contribution < 1.29 is 34.6 Å². The van der Waals surface area contributed by atoms with Crippen LogP contribution in [0.25, 0.3) is 0 Å². The Morgan fingerprint density at radius 3 is 2.48 bits per heavy atom. The van der Waals surface area contributed by atoms with Crippen molar-refractivity contribution in [1.82, 2.24) is 0 Å². The number of aliphatic hydroxyl groups excluding tert-OH is 4. The number of aliphatic hydroxyl groups is 4. The molecule has 1 saturated heterocycles. The summed E-state index contributed by atoms with van der Waals surface area (Å²) in [6, 6.07) is 7.15. The van der Waals surface area contributed by atoms with Crippen molar-refractivity contribution in [1.29, 1.82) is 0 Å². The molecule has 0 saturated carbocycles. The van der Waals surface area contributed by atoms with Gasteiger partial charge in [0.2, 0.25) is 0 Å². The maximum Gasteiger partial charge on any atom is 0.184 e. The van der Waals surface area contributed by atoms with Crippen LogP contribution in [0.2, 0.25) is 0 Å². The molecular weight excluding hydrogens is 280 g/mol. The Hall–Kier alpha value is -1.22. The van der Waals surface area contributed by atoms with Gasteiger partial charge in [0, 0.05) is 0 Å². The molecule has 0 bridgehead atoms. The van der Waals surface area contributed by atoms with E-state index < -0.39 is 37.3 Å². The van der Waals surface area contributed by atoms with E-state index in [1.54, 1.807) is 31.4 Å². The lowest BCUT2D eigenvalue weighted by Gasteiger charge is -2.23. The molecule has 118 valence electrons. The van der Waals surface area contributed by atoms with E-state index in [2.05, 4.69) is 0 Å². The van der Waals surface area contributed by atoms with Crippen LogP contribution < -0.4 is 4.74 Å². The predicted molar refractivity (Wildman–Crippen MR) is 71.6 cm³/mol. The van der Waals surface area contributed by atoms with Gasteiger partial charge in [-0.05, 0) is 17.7 Å². The Balaban J connectivity index is 1.98. The van der Waals surface area contributed by atoms with Crippen molar-refractivity contribution in [3.63, 3.8) is 0 Å². The molecule has 7 nitrogen and oxygen atoms in total. The topological polar surface area (TPSA) is 109 Å². The van der Waals surface area contributed by atoms with E-state index in [1.807, 2.05) is 0 Å². The normalized spacial score (nSPS) is 30.3. The molecule has 2 rings (SSSR count). The molecular formula is C14H20O7. The van der Waals surface area contributed by atoms with Crippen LogP contribution in [-0.4, -0.2) is 64.8 Å². The molecule has 1 heterocycles. The van der Waals surface area contributed by atoms with E-state index >= 15 is 0 Å². The van der Waals surface area contributed by atoms with Gasteiger partial charge in [-0.1, -0.05) is 12.1 Å². The van der Waals surface area contributed by atoms with E-state index in [-0.39, 0.29) is 6.61 Å². The third-order valence-corrected chi connectivity index (χ3v) is 3.42. The molecule has 0 aliphatic carbocycles. The second-order valence-electron chi connectivity index (χ2n) is 4.86. The molecule has 1 aromatic carbocycles. The Bertz CT molecular complexity index is 435. The summed E-state index contributed by atoms with van der Waals surface area (Å²) in [5.41, 5.74) is 0.835. The highest BCUT2D eigenvalue weighted by Crippen LogP contribution is 2.26. The van der Waals surface area contributed by atoms with E-state index in [0.29, 0.717) is 5.75 Å². The minimum atomic E-state index is -1.45. The summed E-state index contributed by atoms with van der Waals surface area (Å²) in [5, 5.41) is 37.9. The fourth-order valence-corrected chi connectivity index (χ4v) is 2.20. The van der Waals surface area contributed by atoms with E-state index in [1.165, 1.54) is 0 Å². The van der Waals surface area contributed by atoms with Crippen LogP contribution in [0.1, 0.15) is 5.56 Å². The second-order valence-corrected chi connectivity index (χ2v) is 4.86. The van der Waals surface area contributed by atoms with E-state index in [9.17, 15) is 15.3 Å². The summed E-state index contributed by atoms with van der Waals surface area (Å²) >= 11 is 0. The zero-order chi connectivity index (χ0) is 15.4. The van der Waals surface area contributed by atoms with Gasteiger partial charge in [-0.3, -0.25) is 0 Å². The van der Waals surface area contributed by atoms with Crippen molar-refractivity contribution >= 4 is 0 Å². The van der Waals surface area contributed by atoms with E-state index in [4.69, 9.17) is 19.3 Å². The Kier molecular flexibility index (Phi) is 5.51. The zero-order valence-electron chi connectivity index (χ0n) is 11.6. The van der Waals surface area contributed by atoms with Crippen LogP contribution in [-0.2, 0) is 16.1 Å². The summed E-state index contributed by atoms with van der Waals surface area (Å²) in [4.78, 5) is 0. The Morgan fingerprint density at radius 2 is 1.90 bits per heavy atom. The fourth-order valence-electron chi connectivity index (χ4n) is 2.20. The summed E-state index contributed by atoms with van der Waals surface area (Å²) in [7, 11) is 1.57. The van der Waals surface area contributed by atoms with Gasteiger partial charge >= 0.3 is 0 Å². The van der Waals surface area contributed by atoms with Gasteiger partial charge in [-0.15, -0.1) is 0 Å². The number of ether oxygens (including phenoxy) is 3. The first-order valence-electron chi connectivity index (χ1n) is 6.62. The highest BCUT2D eigenvalue weighted by atomic mass is 16.7. The highest BCUT2D eigenvalue weighted by molar-refractivity contribution is 5.26. The fraction of sp³-hybridized carbons (Fsp3) is 0.571. The summed E-state index contributed by atoms with van der Waals surface area (Å²) < 4.78 is 15.6.